The molecule has 0 saturated carbocycles. The minimum absolute atomic E-state index is 0. The number of allylic oxidation sites excluding steroid dienone is 4. The Hall–Kier alpha value is -0.707. The Kier molecular flexibility index (Phi) is 18.4. The van der Waals surface area contributed by atoms with Crippen LogP contribution in [0.4, 0.5) is 4.39 Å². The first kappa shape index (κ1) is 28.5. The minimum atomic E-state index is -2.53. The van der Waals surface area contributed by atoms with Gasteiger partial charge in [-0.05, 0) is 18.0 Å². The number of rotatable bonds is 3. The Morgan fingerprint density at radius 1 is 1.07 bits per heavy atom. The van der Waals surface area contributed by atoms with E-state index in [0.717, 1.165) is 13.3 Å². The first-order valence-corrected chi connectivity index (χ1v) is 10.0. The summed E-state index contributed by atoms with van der Waals surface area (Å²) in [4.78, 5) is 0. The van der Waals surface area contributed by atoms with Crippen LogP contribution in [-0.4, -0.2) is 17.5 Å². The topological polar surface area (TPSA) is 40.1 Å². The molecule has 2 aromatic carbocycles. The van der Waals surface area contributed by atoms with E-state index in [1.165, 1.54) is 38.6 Å². The zero-order chi connectivity index (χ0) is 18.5. The second kappa shape index (κ2) is 17.4. The van der Waals surface area contributed by atoms with Crippen LogP contribution >= 0.6 is 24.8 Å². The van der Waals surface area contributed by atoms with Crippen LogP contribution in [0.3, 0.4) is 0 Å². The molecule has 27 heavy (non-hydrogen) atoms. The van der Waals surface area contributed by atoms with E-state index >= 15 is 0 Å². The molecular formula is C20H21Cl2FO2SZr. The van der Waals surface area contributed by atoms with E-state index in [2.05, 4.69) is 72.8 Å². The molecule has 0 aromatic heterocycles. The van der Waals surface area contributed by atoms with Crippen LogP contribution in [0.25, 0.3) is 0 Å². The summed E-state index contributed by atoms with van der Waals surface area (Å²) in [6.07, 6.45) is 10.0. The predicted octanol–water partition coefficient (Wildman–Crippen LogP) is 5.13. The summed E-state index contributed by atoms with van der Waals surface area (Å²) in [6, 6.07) is 21.1. The molecule has 0 saturated heterocycles. The summed E-state index contributed by atoms with van der Waals surface area (Å²) in [6.45, 7) is 0.961. The van der Waals surface area contributed by atoms with Crippen molar-refractivity contribution in [1.82, 2.24) is 0 Å². The molecule has 0 N–H and O–H groups in total. The van der Waals surface area contributed by atoms with E-state index in [0.29, 0.717) is 0 Å². The summed E-state index contributed by atoms with van der Waals surface area (Å²) in [5.41, 5.74) is 0.929. The third-order valence-electron chi connectivity index (χ3n) is 2.98. The molecule has 2 nitrogen and oxygen atoms in total. The van der Waals surface area contributed by atoms with Gasteiger partial charge in [0, 0.05) is 0 Å². The van der Waals surface area contributed by atoms with Crippen molar-refractivity contribution in [2.24, 2.45) is 0 Å². The molecule has 0 heterocycles. The van der Waals surface area contributed by atoms with E-state index < -0.39 is 16.6 Å². The van der Waals surface area contributed by atoms with Gasteiger partial charge < -0.3 is 4.55 Å². The molecule has 1 aliphatic carbocycles. The monoisotopic (exact) mass is 504 g/mol. The average Bonchev–Trinajstić information content (AvgIpc) is 3.23. The van der Waals surface area contributed by atoms with Gasteiger partial charge in [0.2, 0.25) is 0 Å². The number of hydrogen-bond acceptors (Lipinski definition) is 2. The maximum atomic E-state index is 11.2. The fraction of sp³-hybridized carbons (Fsp3) is 0.150. The molecule has 2 atom stereocenters. The van der Waals surface area contributed by atoms with Gasteiger partial charge in [0.15, 0.2) is 5.50 Å². The number of hydrogen-bond donors (Lipinski definition) is 0. The van der Waals surface area contributed by atoms with E-state index in [9.17, 15) is 13.2 Å². The summed E-state index contributed by atoms with van der Waals surface area (Å²) in [5, 5.41) is 0. The Morgan fingerprint density at radius 2 is 1.48 bits per heavy atom. The van der Waals surface area contributed by atoms with Crippen molar-refractivity contribution >= 4 is 39.1 Å². The normalized spacial score (nSPS) is 12.8. The molecule has 0 aliphatic heterocycles. The number of alkyl halides is 1. The Labute approximate surface area is 190 Å². The third-order valence-corrected chi connectivity index (χ3v) is 4.93. The van der Waals surface area contributed by atoms with Crippen LogP contribution in [0, 0.1) is 6.08 Å². The van der Waals surface area contributed by atoms with Crippen molar-refractivity contribution < 1.29 is 37.4 Å². The van der Waals surface area contributed by atoms with Gasteiger partial charge >= 0.3 is 99.2 Å². The quantitative estimate of drug-likeness (QED) is 0.428. The summed E-state index contributed by atoms with van der Waals surface area (Å²) < 4.78 is 31.3. The zero-order valence-electron chi connectivity index (χ0n) is 14.7. The van der Waals surface area contributed by atoms with E-state index in [-0.39, 0.29) is 24.8 Å². The van der Waals surface area contributed by atoms with Crippen molar-refractivity contribution in [3.63, 3.8) is 0 Å². The van der Waals surface area contributed by atoms with Gasteiger partial charge in [-0.15, -0.1) is 31.2 Å². The van der Waals surface area contributed by atoms with Crippen LogP contribution < -0.4 is 0 Å². The fourth-order valence-electron chi connectivity index (χ4n) is 1.72. The number of halogens is 3. The van der Waals surface area contributed by atoms with Gasteiger partial charge in [0.1, 0.15) is 0 Å². The molecule has 1 aliphatic rings. The van der Waals surface area contributed by atoms with Gasteiger partial charge in [0.05, 0.1) is 0 Å². The SMILES string of the molecule is CC(F)S(=O)[O-].Cl.Cl.[C-]1=CC=CC1.[Zr+2]=[C](c1ccccc1)c1ccccc1. The third kappa shape index (κ3) is 13.2. The molecule has 144 valence electrons. The molecule has 0 spiro atoms. The van der Waals surface area contributed by atoms with E-state index in [1.807, 2.05) is 12.2 Å². The van der Waals surface area contributed by atoms with Crippen molar-refractivity contribution in [3.8, 4) is 0 Å². The van der Waals surface area contributed by atoms with Crippen molar-refractivity contribution in [3.05, 3.63) is 96.1 Å². The molecular weight excluding hydrogens is 485 g/mol. The maximum absolute atomic E-state index is 11.2. The van der Waals surface area contributed by atoms with Crippen LogP contribution in [0.5, 0.6) is 0 Å². The van der Waals surface area contributed by atoms with Crippen molar-refractivity contribution in [2.45, 2.75) is 18.8 Å². The molecule has 3 rings (SSSR count). The van der Waals surface area contributed by atoms with Crippen LogP contribution in [0.15, 0.2) is 78.9 Å². The second-order valence-corrected chi connectivity index (χ2v) is 7.31. The van der Waals surface area contributed by atoms with E-state index in [4.69, 9.17) is 0 Å². The fourth-order valence-corrected chi connectivity index (χ4v) is 2.54. The van der Waals surface area contributed by atoms with Gasteiger partial charge in [0.25, 0.3) is 0 Å². The molecule has 0 amide bonds. The average molecular weight is 507 g/mol. The van der Waals surface area contributed by atoms with Crippen LogP contribution in [0.1, 0.15) is 24.5 Å². The molecule has 0 radical (unpaired) electrons. The Balaban J connectivity index is 0. The van der Waals surface area contributed by atoms with Crippen molar-refractivity contribution in [1.29, 1.82) is 0 Å². The molecule has 0 bridgehead atoms. The molecule has 7 heteroatoms. The number of benzene rings is 2. The standard InChI is InChI=1S/C13H10.C5H5.C2H5FO2S.2ClH.Zr/c1-3-7-12(8-4-1)11-13-9-5-2-6-10-13;1-2-4-5-3-1;1-2(3)6(4)5;;;/h1-10H;1-3H,4H2;2H,1H3,(H,4,5);2*1H;/q;-1;;;;+2/p-1. The molecule has 0 fully saturated rings. The molecule has 2 aromatic rings. The second-order valence-electron chi connectivity index (χ2n) is 4.91. The van der Waals surface area contributed by atoms with Crippen LogP contribution in [0.2, 0.25) is 0 Å². The van der Waals surface area contributed by atoms with Gasteiger partial charge in [-0.25, -0.2) is 16.5 Å². The van der Waals surface area contributed by atoms with E-state index in [1.54, 1.807) is 0 Å². The zero-order valence-corrected chi connectivity index (χ0v) is 19.6. The molecule has 2 unspecified atom stereocenters. The first-order valence-electron chi connectivity index (χ1n) is 7.65. The Morgan fingerprint density at radius 3 is 1.70 bits per heavy atom. The predicted molar refractivity (Wildman–Crippen MR) is 112 cm³/mol. The summed E-state index contributed by atoms with van der Waals surface area (Å²) in [7, 11) is 0. The Bertz CT molecular complexity index is 672. The summed E-state index contributed by atoms with van der Waals surface area (Å²) >= 11 is -1.07. The van der Waals surface area contributed by atoms with Gasteiger partial charge in [-0.2, -0.15) is 6.08 Å². The summed E-state index contributed by atoms with van der Waals surface area (Å²) in [5.74, 6) is 0. The first-order chi connectivity index (χ1) is 12.0. The van der Waals surface area contributed by atoms with Crippen LogP contribution in [-0.2, 0) is 35.3 Å². The van der Waals surface area contributed by atoms with Gasteiger partial charge in [-0.1, -0.05) is 0 Å². The van der Waals surface area contributed by atoms with Crippen molar-refractivity contribution in [2.75, 3.05) is 0 Å². The van der Waals surface area contributed by atoms with Gasteiger partial charge in [-0.3, -0.25) is 10.3 Å².